The monoisotopic (exact) mass is 474 g/mol. The molecule has 6 aromatic heterocycles. The average molecular weight is 475 g/mol. The summed E-state index contributed by atoms with van der Waals surface area (Å²) < 4.78 is 3.54. The van der Waals surface area contributed by atoms with Gasteiger partial charge in [0.05, 0.1) is 18.1 Å². The number of hydrogen-bond donors (Lipinski definition) is 2. The summed E-state index contributed by atoms with van der Waals surface area (Å²) >= 11 is 5.59. The van der Waals surface area contributed by atoms with Crippen LogP contribution in [-0.2, 0) is 0 Å². The van der Waals surface area contributed by atoms with E-state index in [1.165, 1.54) is 12.4 Å². The Morgan fingerprint density at radius 2 is 1.29 bits per heavy atom. The first-order valence-corrected chi connectivity index (χ1v) is 10.1. The van der Waals surface area contributed by atoms with Gasteiger partial charge in [-0.15, -0.1) is 20.4 Å². The minimum Gasteiger partial charge on any atom is -0.423 e. The van der Waals surface area contributed by atoms with E-state index in [1.807, 2.05) is 22.7 Å². The number of aromatic nitrogens is 10. The number of rotatable bonds is 2. The zero-order valence-electron chi connectivity index (χ0n) is 17.4. The highest BCUT2D eigenvalue weighted by atomic mass is 35.5. The molecule has 0 aromatic carbocycles. The summed E-state index contributed by atoms with van der Waals surface area (Å²) in [6.45, 7) is 0. The third-order valence-corrected chi connectivity index (χ3v) is 4.51. The molecule has 2 N–H and O–H groups in total. The van der Waals surface area contributed by atoms with E-state index >= 15 is 0 Å². The molecule has 0 saturated carbocycles. The molecular weight excluding hydrogens is 459 g/mol. The number of hydrogen-bond acceptors (Lipinski definition) is 10. The summed E-state index contributed by atoms with van der Waals surface area (Å²) in [5, 5.41) is 32.6. The lowest BCUT2D eigenvalue weighted by Crippen LogP contribution is -2.29. The molecule has 6 rings (SSSR count). The van der Waals surface area contributed by atoms with Gasteiger partial charge in [-0.1, -0.05) is 11.6 Å². The SMILES string of the molecule is Clc1cn2cnnc2cn1.OB(O)c1ccncc1.c1cc(-c2cn3cnnc3cn2)ccn1. The lowest BCUT2D eigenvalue weighted by atomic mass is 9.81. The van der Waals surface area contributed by atoms with E-state index in [4.69, 9.17) is 21.6 Å². The maximum Gasteiger partial charge on any atom is 0.488 e. The smallest absolute Gasteiger partial charge is 0.423 e. The Balaban J connectivity index is 0.000000127. The molecule has 0 spiro atoms. The number of nitrogens with zero attached hydrogens (tertiary/aromatic N) is 10. The van der Waals surface area contributed by atoms with Gasteiger partial charge in [-0.05, 0) is 29.7 Å². The van der Waals surface area contributed by atoms with E-state index in [1.54, 1.807) is 60.2 Å². The summed E-state index contributed by atoms with van der Waals surface area (Å²) in [5.41, 5.74) is 3.81. The number of pyridine rings is 2. The summed E-state index contributed by atoms with van der Waals surface area (Å²) in [6, 6.07) is 6.92. The molecule has 6 aromatic rings. The predicted molar refractivity (Wildman–Crippen MR) is 124 cm³/mol. The van der Waals surface area contributed by atoms with E-state index in [-0.39, 0.29) is 0 Å². The minimum absolute atomic E-state index is 0.437. The summed E-state index contributed by atoms with van der Waals surface area (Å²) in [5.74, 6) is 0. The van der Waals surface area contributed by atoms with Gasteiger partial charge in [0, 0.05) is 42.7 Å². The highest BCUT2D eigenvalue weighted by molar-refractivity contribution is 6.58. The molecule has 14 heteroatoms. The zero-order valence-corrected chi connectivity index (χ0v) is 18.2. The molecular formula is C20H16BClN10O2. The Hall–Kier alpha value is -4.33. The molecule has 6 heterocycles. The normalized spacial score (nSPS) is 10.2. The van der Waals surface area contributed by atoms with Gasteiger partial charge in [0.15, 0.2) is 11.3 Å². The van der Waals surface area contributed by atoms with Crippen LogP contribution < -0.4 is 5.46 Å². The highest BCUT2D eigenvalue weighted by Crippen LogP contribution is 2.14. The van der Waals surface area contributed by atoms with Crippen LogP contribution in [0.1, 0.15) is 0 Å². The van der Waals surface area contributed by atoms with Gasteiger partial charge < -0.3 is 10.0 Å². The highest BCUT2D eigenvalue weighted by Gasteiger charge is 2.08. The molecule has 0 saturated heterocycles. The second-order valence-electron chi connectivity index (χ2n) is 6.57. The molecule has 0 aliphatic rings. The topological polar surface area (TPSA) is 152 Å². The quantitative estimate of drug-likeness (QED) is 0.343. The van der Waals surface area contributed by atoms with Crippen molar-refractivity contribution in [2.24, 2.45) is 0 Å². The van der Waals surface area contributed by atoms with E-state index in [9.17, 15) is 0 Å². The third kappa shape index (κ3) is 5.92. The third-order valence-electron chi connectivity index (χ3n) is 4.31. The Bertz CT molecular complexity index is 1460. The van der Waals surface area contributed by atoms with Crippen LogP contribution in [-0.4, -0.2) is 66.3 Å². The van der Waals surface area contributed by atoms with Crippen molar-refractivity contribution in [2.75, 3.05) is 0 Å². The second-order valence-corrected chi connectivity index (χ2v) is 6.95. The first-order valence-electron chi connectivity index (χ1n) is 9.73. The van der Waals surface area contributed by atoms with Gasteiger partial charge in [0.1, 0.15) is 17.8 Å². The number of fused-ring (bicyclic) bond motifs is 2. The van der Waals surface area contributed by atoms with Crippen molar-refractivity contribution in [1.82, 2.24) is 49.1 Å². The molecule has 168 valence electrons. The van der Waals surface area contributed by atoms with Gasteiger partial charge in [0.25, 0.3) is 0 Å². The summed E-state index contributed by atoms with van der Waals surface area (Å²) in [6.07, 6.45) is 16.5. The molecule has 0 fully saturated rings. The van der Waals surface area contributed by atoms with E-state index in [0.717, 1.165) is 16.9 Å². The van der Waals surface area contributed by atoms with Crippen LogP contribution in [0.3, 0.4) is 0 Å². The van der Waals surface area contributed by atoms with Crippen LogP contribution in [0.5, 0.6) is 0 Å². The fraction of sp³-hybridized carbons (Fsp3) is 0. The zero-order chi connectivity index (χ0) is 23.8. The van der Waals surface area contributed by atoms with Gasteiger partial charge in [0.2, 0.25) is 0 Å². The summed E-state index contributed by atoms with van der Waals surface area (Å²) in [7, 11) is -1.38. The summed E-state index contributed by atoms with van der Waals surface area (Å²) in [4.78, 5) is 15.8. The van der Waals surface area contributed by atoms with E-state index < -0.39 is 7.12 Å². The number of halogens is 1. The van der Waals surface area contributed by atoms with Gasteiger partial charge >= 0.3 is 7.12 Å². The first kappa shape index (κ1) is 22.9. The van der Waals surface area contributed by atoms with Crippen LogP contribution >= 0.6 is 11.6 Å². The molecule has 0 atom stereocenters. The molecule has 0 aliphatic heterocycles. The van der Waals surface area contributed by atoms with Crippen molar-refractivity contribution < 1.29 is 10.0 Å². The lowest BCUT2D eigenvalue weighted by Gasteiger charge is -1.99. The van der Waals surface area contributed by atoms with Crippen molar-refractivity contribution in [2.45, 2.75) is 0 Å². The van der Waals surface area contributed by atoms with Gasteiger partial charge in [-0.2, -0.15) is 0 Å². The van der Waals surface area contributed by atoms with Crippen LogP contribution in [0.15, 0.2) is 86.5 Å². The molecule has 0 amide bonds. The lowest BCUT2D eigenvalue weighted by molar-refractivity contribution is 0.425. The standard InChI is InChI=1S/C10H7N5.C5H6BNO2.C5H3ClN4/c1-3-11-4-2-8(1)9-6-15-7-13-14-10(15)5-12-9;8-6(9)5-1-3-7-4-2-5;6-4-2-10-3-8-9-5(10)1-7-4/h1-7H;1-4,8-9H;1-3H. The Morgan fingerprint density at radius 3 is 1.88 bits per heavy atom. The van der Waals surface area contributed by atoms with Crippen molar-refractivity contribution in [3.8, 4) is 11.3 Å². The van der Waals surface area contributed by atoms with Crippen molar-refractivity contribution >= 4 is 35.5 Å². The molecule has 0 aliphatic carbocycles. The predicted octanol–water partition coefficient (Wildman–Crippen LogP) is 0.725. The van der Waals surface area contributed by atoms with Crippen LogP contribution in [0.2, 0.25) is 5.15 Å². The van der Waals surface area contributed by atoms with Crippen molar-refractivity contribution in [1.29, 1.82) is 0 Å². The fourth-order valence-corrected chi connectivity index (χ4v) is 2.81. The average Bonchev–Trinajstić information content (AvgIpc) is 3.54. The first-order chi connectivity index (χ1) is 16.6. The fourth-order valence-electron chi connectivity index (χ4n) is 2.65. The molecule has 0 radical (unpaired) electrons. The maximum atomic E-state index is 8.55. The molecule has 0 unspecified atom stereocenters. The van der Waals surface area contributed by atoms with Gasteiger partial charge in [-0.3, -0.25) is 23.8 Å². The van der Waals surface area contributed by atoms with Crippen molar-refractivity contribution in [3.63, 3.8) is 0 Å². The van der Waals surface area contributed by atoms with E-state index in [2.05, 4.69) is 40.3 Å². The molecule has 12 nitrogen and oxygen atoms in total. The second kappa shape index (κ2) is 11.0. The van der Waals surface area contributed by atoms with Crippen LogP contribution in [0.4, 0.5) is 0 Å². The van der Waals surface area contributed by atoms with Gasteiger partial charge in [-0.25, -0.2) is 4.98 Å². The van der Waals surface area contributed by atoms with E-state index in [0.29, 0.717) is 16.3 Å². The van der Waals surface area contributed by atoms with Crippen molar-refractivity contribution in [3.05, 3.63) is 91.6 Å². The Kier molecular flexibility index (Phi) is 7.40. The Labute approximate surface area is 197 Å². The Morgan fingerprint density at radius 1 is 0.735 bits per heavy atom. The largest absolute Gasteiger partial charge is 0.488 e. The minimum atomic E-state index is -1.38. The van der Waals surface area contributed by atoms with Crippen LogP contribution in [0.25, 0.3) is 22.6 Å². The molecule has 0 bridgehead atoms. The maximum absolute atomic E-state index is 8.55. The molecule has 34 heavy (non-hydrogen) atoms. The van der Waals surface area contributed by atoms with Crippen LogP contribution in [0, 0.1) is 0 Å².